The highest BCUT2D eigenvalue weighted by molar-refractivity contribution is 5.86. The predicted octanol–water partition coefficient (Wildman–Crippen LogP) is 1.93. The topological polar surface area (TPSA) is 43.1 Å². The van der Waals surface area contributed by atoms with E-state index in [1.165, 1.54) is 0 Å². The second-order valence-electron chi connectivity index (χ2n) is 3.73. The van der Waals surface area contributed by atoms with Crippen LogP contribution in [0.4, 0.5) is 0 Å². The lowest BCUT2D eigenvalue weighted by Crippen LogP contribution is -2.48. The molecule has 1 rings (SSSR count). The van der Waals surface area contributed by atoms with Gasteiger partial charge in [-0.05, 0) is 25.3 Å². The van der Waals surface area contributed by atoms with Crippen molar-refractivity contribution in [2.75, 3.05) is 0 Å². The lowest BCUT2D eigenvalue weighted by molar-refractivity contribution is -0.122. The third kappa shape index (κ3) is 2.42. The molecule has 0 spiro atoms. The maximum atomic E-state index is 11.4. The maximum absolute atomic E-state index is 11.4. The molecule has 76 valence electrons. The summed E-state index contributed by atoms with van der Waals surface area (Å²) in [5, 5.41) is 0. The van der Waals surface area contributed by atoms with E-state index >= 15 is 0 Å². The van der Waals surface area contributed by atoms with E-state index in [2.05, 4.69) is 0 Å². The third-order valence-electron chi connectivity index (χ3n) is 2.69. The fourth-order valence-electron chi connectivity index (χ4n) is 1.46. The Balaban J connectivity index is 2.81. The number of Topliss-reactive ketones (excluding diaryl/α,β-unsaturated/α-hetero) is 1. The summed E-state index contributed by atoms with van der Waals surface area (Å²) in [6.07, 6.45) is 1.30. The number of ketones is 1. The molecule has 0 bridgehead atoms. The molecule has 2 heteroatoms. The second-order valence-corrected chi connectivity index (χ2v) is 3.73. The number of nitrogens with two attached hydrogens (primary N) is 1. The standard InChI is InChI=1S/C12H17NO/c1-3-12(13,10(2)14)9-11-7-5-4-6-8-11/h4-8H,3,9,13H2,1-2H3/t12-/m0/s1. The van der Waals surface area contributed by atoms with E-state index in [4.69, 9.17) is 5.73 Å². The number of carbonyl (C=O) groups excluding carboxylic acids is 1. The molecule has 0 heterocycles. The zero-order valence-corrected chi connectivity index (χ0v) is 8.79. The van der Waals surface area contributed by atoms with Crippen LogP contribution in [0.2, 0.25) is 0 Å². The Kier molecular flexibility index (Phi) is 3.42. The summed E-state index contributed by atoms with van der Waals surface area (Å²) in [5.74, 6) is 0.0591. The summed E-state index contributed by atoms with van der Waals surface area (Å²) in [7, 11) is 0. The fourth-order valence-corrected chi connectivity index (χ4v) is 1.46. The van der Waals surface area contributed by atoms with Crippen molar-refractivity contribution < 1.29 is 4.79 Å². The van der Waals surface area contributed by atoms with Gasteiger partial charge in [-0.3, -0.25) is 4.79 Å². The lowest BCUT2D eigenvalue weighted by Gasteiger charge is -2.24. The van der Waals surface area contributed by atoms with Crippen molar-refractivity contribution in [3.63, 3.8) is 0 Å². The first-order valence-electron chi connectivity index (χ1n) is 4.92. The van der Waals surface area contributed by atoms with Gasteiger partial charge in [-0.25, -0.2) is 0 Å². The smallest absolute Gasteiger partial charge is 0.149 e. The number of rotatable bonds is 4. The Hall–Kier alpha value is -1.15. The van der Waals surface area contributed by atoms with Crippen molar-refractivity contribution in [2.24, 2.45) is 5.73 Å². The number of benzene rings is 1. The zero-order chi connectivity index (χ0) is 10.6. The van der Waals surface area contributed by atoms with Crippen LogP contribution in [0.3, 0.4) is 0 Å². The Bertz CT molecular complexity index is 307. The van der Waals surface area contributed by atoms with E-state index in [1.807, 2.05) is 37.3 Å². The van der Waals surface area contributed by atoms with Gasteiger partial charge in [0.25, 0.3) is 0 Å². The van der Waals surface area contributed by atoms with Crippen molar-refractivity contribution in [2.45, 2.75) is 32.2 Å². The summed E-state index contributed by atoms with van der Waals surface area (Å²) < 4.78 is 0. The SMILES string of the molecule is CC[C@](N)(Cc1ccccc1)C(C)=O. The minimum Gasteiger partial charge on any atom is -0.319 e. The molecule has 1 aromatic carbocycles. The molecule has 0 aliphatic carbocycles. The van der Waals surface area contributed by atoms with E-state index in [9.17, 15) is 4.79 Å². The molecule has 0 aromatic heterocycles. The van der Waals surface area contributed by atoms with E-state index < -0.39 is 5.54 Å². The molecular formula is C12H17NO. The van der Waals surface area contributed by atoms with Crippen LogP contribution in [0, 0.1) is 0 Å². The predicted molar refractivity (Wildman–Crippen MR) is 58.0 cm³/mol. The first kappa shape index (κ1) is 10.9. The van der Waals surface area contributed by atoms with Crippen molar-refractivity contribution in [1.29, 1.82) is 0 Å². The van der Waals surface area contributed by atoms with Crippen molar-refractivity contribution >= 4 is 5.78 Å². The molecule has 2 nitrogen and oxygen atoms in total. The largest absolute Gasteiger partial charge is 0.319 e. The van der Waals surface area contributed by atoms with Gasteiger partial charge in [-0.15, -0.1) is 0 Å². The minimum absolute atomic E-state index is 0.0591. The first-order valence-corrected chi connectivity index (χ1v) is 4.92. The quantitative estimate of drug-likeness (QED) is 0.790. The zero-order valence-electron chi connectivity index (χ0n) is 8.79. The molecular weight excluding hydrogens is 174 g/mol. The molecule has 0 unspecified atom stereocenters. The van der Waals surface area contributed by atoms with Crippen LogP contribution in [-0.2, 0) is 11.2 Å². The summed E-state index contributed by atoms with van der Waals surface area (Å²) in [4.78, 5) is 11.4. The van der Waals surface area contributed by atoms with E-state index in [0.29, 0.717) is 12.8 Å². The highest BCUT2D eigenvalue weighted by atomic mass is 16.1. The monoisotopic (exact) mass is 191 g/mol. The molecule has 1 aromatic rings. The Morgan fingerprint density at radius 1 is 1.36 bits per heavy atom. The van der Waals surface area contributed by atoms with Crippen LogP contribution in [0.5, 0.6) is 0 Å². The van der Waals surface area contributed by atoms with Crippen molar-refractivity contribution in [3.8, 4) is 0 Å². The van der Waals surface area contributed by atoms with Gasteiger partial charge >= 0.3 is 0 Å². The van der Waals surface area contributed by atoms with E-state index in [0.717, 1.165) is 5.56 Å². The van der Waals surface area contributed by atoms with Gasteiger partial charge < -0.3 is 5.73 Å². The second kappa shape index (κ2) is 4.38. The van der Waals surface area contributed by atoms with Crippen LogP contribution < -0.4 is 5.73 Å². The fraction of sp³-hybridized carbons (Fsp3) is 0.417. The molecule has 0 saturated carbocycles. The molecule has 0 amide bonds. The van der Waals surface area contributed by atoms with Crippen molar-refractivity contribution in [3.05, 3.63) is 35.9 Å². The first-order chi connectivity index (χ1) is 6.58. The molecule has 14 heavy (non-hydrogen) atoms. The Morgan fingerprint density at radius 2 is 1.93 bits per heavy atom. The minimum atomic E-state index is -0.693. The summed E-state index contributed by atoms with van der Waals surface area (Å²) in [6, 6.07) is 9.89. The highest BCUT2D eigenvalue weighted by Gasteiger charge is 2.28. The van der Waals surface area contributed by atoms with Gasteiger partial charge in [0.2, 0.25) is 0 Å². The van der Waals surface area contributed by atoms with Gasteiger partial charge in [0.15, 0.2) is 0 Å². The normalized spacial score (nSPS) is 14.8. The van der Waals surface area contributed by atoms with Gasteiger partial charge in [0.05, 0.1) is 5.54 Å². The van der Waals surface area contributed by atoms with Crippen molar-refractivity contribution in [1.82, 2.24) is 0 Å². The van der Waals surface area contributed by atoms with Crippen LogP contribution in [-0.4, -0.2) is 11.3 Å². The molecule has 0 aliphatic rings. The van der Waals surface area contributed by atoms with E-state index in [-0.39, 0.29) is 5.78 Å². The van der Waals surface area contributed by atoms with Gasteiger partial charge in [0, 0.05) is 0 Å². The molecule has 0 fully saturated rings. The average Bonchev–Trinajstić information content (AvgIpc) is 2.19. The van der Waals surface area contributed by atoms with E-state index in [1.54, 1.807) is 6.92 Å². The summed E-state index contributed by atoms with van der Waals surface area (Å²) in [6.45, 7) is 3.51. The molecule has 0 saturated heterocycles. The van der Waals surface area contributed by atoms with Crippen LogP contribution >= 0.6 is 0 Å². The highest BCUT2D eigenvalue weighted by Crippen LogP contribution is 2.15. The molecule has 1 atom stereocenters. The summed E-state index contributed by atoms with van der Waals surface area (Å²) in [5.41, 5.74) is 6.45. The van der Waals surface area contributed by atoms with Gasteiger partial charge in [-0.1, -0.05) is 37.3 Å². The third-order valence-corrected chi connectivity index (χ3v) is 2.69. The average molecular weight is 191 g/mol. The summed E-state index contributed by atoms with van der Waals surface area (Å²) >= 11 is 0. The van der Waals surface area contributed by atoms with Crippen LogP contribution in [0.1, 0.15) is 25.8 Å². The molecule has 0 radical (unpaired) electrons. The molecule has 2 N–H and O–H groups in total. The van der Waals surface area contributed by atoms with Crippen LogP contribution in [0.15, 0.2) is 30.3 Å². The number of hydrogen-bond donors (Lipinski definition) is 1. The van der Waals surface area contributed by atoms with Gasteiger partial charge in [-0.2, -0.15) is 0 Å². The molecule has 0 aliphatic heterocycles. The van der Waals surface area contributed by atoms with Crippen LogP contribution in [0.25, 0.3) is 0 Å². The number of carbonyl (C=O) groups is 1. The maximum Gasteiger partial charge on any atom is 0.149 e. The Morgan fingerprint density at radius 3 is 2.36 bits per heavy atom. The van der Waals surface area contributed by atoms with Gasteiger partial charge in [0.1, 0.15) is 5.78 Å². The lowest BCUT2D eigenvalue weighted by atomic mass is 9.86. The number of hydrogen-bond acceptors (Lipinski definition) is 2. The Labute approximate surface area is 85.1 Å².